The highest BCUT2D eigenvalue weighted by molar-refractivity contribution is 6.08. The number of benzene rings is 2. The highest BCUT2D eigenvalue weighted by Crippen LogP contribution is 2.47. The minimum absolute atomic E-state index is 0.0144. The summed E-state index contributed by atoms with van der Waals surface area (Å²) in [7, 11) is 1.19. The maximum absolute atomic E-state index is 13.1. The molecule has 0 heterocycles. The van der Waals surface area contributed by atoms with Gasteiger partial charge in [-0.2, -0.15) is 26.3 Å². The van der Waals surface area contributed by atoms with E-state index in [-0.39, 0.29) is 33.8 Å². The van der Waals surface area contributed by atoms with Crippen LogP contribution in [-0.4, -0.2) is 36.6 Å². The Morgan fingerprint density at radius 2 is 1.50 bits per heavy atom. The molecule has 0 unspecified atom stereocenters. The van der Waals surface area contributed by atoms with Crippen molar-refractivity contribution in [1.29, 1.82) is 0 Å². The number of hydrogen-bond donors (Lipinski definition) is 3. The topological polar surface area (TPSA) is 87.7 Å². The highest BCUT2D eigenvalue weighted by atomic mass is 19.4. The summed E-state index contributed by atoms with van der Waals surface area (Å²) in [5, 5.41) is 13.4. The molecule has 2 aromatic carbocycles. The van der Waals surface area contributed by atoms with E-state index in [0.29, 0.717) is 12.1 Å². The van der Waals surface area contributed by atoms with Crippen LogP contribution in [0.1, 0.15) is 33.0 Å². The lowest BCUT2D eigenvalue weighted by Gasteiger charge is -2.25. The van der Waals surface area contributed by atoms with Crippen molar-refractivity contribution < 1.29 is 45.8 Å². The summed E-state index contributed by atoms with van der Waals surface area (Å²) in [6.45, 7) is 2.52. The fraction of sp³-hybridized carbons (Fsp3) is 0.300. The summed E-state index contributed by atoms with van der Waals surface area (Å²) >= 11 is 0. The molecule has 2 amide bonds. The van der Waals surface area contributed by atoms with Gasteiger partial charge in [0.25, 0.3) is 5.91 Å². The summed E-state index contributed by atoms with van der Waals surface area (Å²) < 4.78 is 83.4. The van der Waals surface area contributed by atoms with Crippen molar-refractivity contribution in [3.8, 4) is 5.75 Å². The van der Waals surface area contributed by atoms with Crippen LogP contribution in [-0.2, 0) is 0 Å². The first-order valence-electron chi connectivity index (χ1n) is 8.89. The minimum atomic E-state index is -5.55. The molecule has 32 heavy (non-hydrogen) atoms. The summed E-state index contributed by atoms with van der Waals surface area (Å²) in [6, 6.07) is 5.44. The second-order valence-corrected chi connectivity index (χ2v) is 6.82. The molecular formula is C20H18F6N2O4. The second kappa shape index (κ2) is 8.97. The molecule has 0 saturated carbocycles. The van der Waals surface area contributed by atoms with Gasteiger partial charge in [0.05, 0.1) is 18.4 Å². The van der Waals surface area contributed by atoms with Crippen LogP contribution in [0.5, 0.6) is 5.75 Å². The first-order valence-corrected chi connectivity index (χ1v) is 8.89. The predicted molar refractivity (Wildman–Crippen MR) is 103 cm³/mol. The normalized spacial score (nSPS) is 11.9. The molecule has 0 saturated heterocycles. The van der Waals surface area contributed by atoms with Crippen LogP contribution in [0.15, 0.2) is 30.3 Å². The monoisotopic (exact) mass is 464 g/mol. The zero-order valence-corrected chi connectivity index (χ0v) is 16.9. The fourth-order valence-electron chi connectivity index (χ4n) is 3.25. The van der Waals surface area contributed by atoms with Gasteiger partial charge in [-0.05, 0) is 42.7 Å². The molecule has 0 atom stereocenters. The summed E-state index contributed by atoms with van der Waals surface area (Å²) in [5.74, 6) is -4.59. The average molecular weight is 464 g/mol. The molecule has 0 aliphatic rings. The first-order chi connectivity index (χ1) is 14.7. The van der Waals surface area contributed by atoms with Crippen LogP contribution in [0, 0.1) is 13.8 Å². The molecule has 0 aliphatic heterocycles. The Kier molecular flexibility index (Phi) is 6.96. The number of halogens is 6. The Hall–Kier alpha value is -3.44. The number of methoxy groups -OCH3 is 1. The van der Waals surface area contributed by atoms with E-state index in [4.69, 9.17) is 9.84 Å². The lowest BCUT2D eigenvalue weighted by molar-refractivity contribution is -0.253. The molecule has 2 aromatic rings. The zero-order chi connectivity index (χ0) is 24.4. The Balaban J connectivity index is 2.45. The molecule has 6 nitrogen and oxygen atoms in total. The molecule has 0 fully saturated rings. The third-order valence-electron chi connectivity index (χ3n) is 4.49. The predicted octanol–water partition coefficient (Wildman–Crippen LogP) is 5.86. The molecule has 0 aromatic heterocycles. The number of anilines is 2. The Bertz CT molecular complexity index is 997. The molecule has 0 bridgehead atoms. The number of carbonyl (C=O) groups is 2. The van der Waals surface area contributed by atoms with Gasteiger partial charge in [0.15, 0.2) is 11.7 Å². The van der Waals surface area contributed by atoms with E-state index in [1.165, 1.54) is 39.2 Å². The molecule has 0 spiro atoms. The number of nitrogens with one attached hydrogen (secondary N) is 2. The van der Waals surface area contributed by atoms with Crippen LogP contribution < -0.4 is 15.4 Å². The number of carboxylic acid groups (broad SMARTS) is 1. The lowest BCUT2D eigenvalue weighted by atomic mass is 9.93. The quantitative estimate of drug-likeness (QED) is 0.484. The zero-order valence-electron chi connectivity index (χ0n) is 16.9. The summed E-state index contributed by atoms with van der Waals surface area (Å²) in [4.78, 5) is 23.6. The standard InChI is InChI=1S/C20H18F6N2O4/c1-9-7-11(16(19(21,22)23)20(24,25)26)8-10(2)14(9)28-17(29)12-5-4-6-13(15(12)32-3)27-18(30)31/h4-8,16,27H,1-3H3,(H,28,29)(H,30,31). The van der Waals surface area contributed by atoms with Crippen LogP contribution >= 0.6 is 0 Å². The van der Waals surface area contributed by atoms with E-state index in [0.717, 1.165) is 0 Å². The van der Waals surface area contributed by atoms with Crippen molar-refractivity contribution in [1.82, 2.24) is 0 Å². The molecule has 12 heteroatoms. The number of aryl methyl sites for hydroxylation is 2. The van der Waals surface area contributed by atoms with Gasteiger partial charge >= 0.3 is 18.4 Å². The van der Waals surface area contributed by atoms with Crippen molar-refractivity contribution in [3.05, 3.63) is 52.6 Å². The third-order valence-corrected chi connectivity index (χ3v) is 4.49. The largest absolute Gasteiger partial charge is 0.494 e. The van der Waals surface area contributed by atoms with Crippen LogP contribution in [0.2, 0.25) is 0 Å². The van der Waals surface area contributed by atoms with Gasteiger partial charge in [-0.3, -0.25) is 10.1 Å². The number of alkyl halides is 6. The average Bonchev–Trinajstić information content (AvgIpc) is 2.61. The van der Waals surface area contributed by atoms with Crippen molar-refractivity contribution in [2.75, 3.05) is 17.7 Å². The van der Waals surface area contributed by atoms with E-state index < -0.39 is 35.8 Å². The number of hydrogen-bond acceptors (Lipinski definition) is 3. The smallest absolute Gasteiger partial charge is 0.409 e. The SMILES string of the molecule is COc1c(NC(=O)O)cccc1C(=O)Nc1c(C)cc(C(C(F)(F)F)C(F)(F)F)cc1C. The molecule has 0 radical (unpaired) electrons. The van der Waals surface area contributed by atoms with E-state index >= 15 is 0 Å². The van der Waals surface area contributed by atoms with E-state index in [1.54, 1.807) is 0 Å². The van der Waals surface area contributed by atoms with E-state index in [2.05, 4.69) is 10.6 Å². The van der Waals surface area contributed by atoms with Gasteiger partial charge < -0.3 is 15.2 Å². The van der Waals surface area contributed by atoms with Crippen LogP contribution in [0.4, 0.5) is 42.5 Å². The minimum Gasteiger partial charge on any atom is -0.494 e. The highest BCUT2D eigenvalue weighted by Gasteiger charge is 2.57. The van der Waals surface area contributed by atoms with Crippen LogP contribution in [0.3, 0.4) is 0 Å². The van der Waals surface area contributed by atoms with Gasteiger partial charge in [-0.25, -0.2) is 4.79 Å². The van der Waals surface area contributed by atoms with Crippen molar-refractivity contribution >= 4 is 23.4 Å². The van der Waals surface area contributed by atoms with Crippen LogP contribution in [0.25, 0.3) is 0 Å². The molecular weight excluding hydrogens is 446 g/mol. The van der Waals surface area contributed by atoms with E-state index in [9.17, 15) is 35.9 Å². The number of rotatable bonds is 5. The van der Waals surface area contributed by atoms with E-state index in [1.807, 2.05) is 0 Å². The Morgan fingerprint density at radius 1 is 0.969 bits per heavy atom. The molecule has 2 rings (SSSR count). The number of ether oxygens (including phenoxy) is 1. The number of amides is 2. The summed E-state index contributed by atoms with van der Waals surface area (Å²) in [5.41, 5.74) is -1.17. The fourth-order valence-corrected chi connectivity index (χ4v) is 3.25. The Labute approximate surface area is 178 Å². The van der Waals surface area contributed by atoms with Gasteiger partial charge in [0.2, 0.25) is 0 Å². The summed E-state index contributed by atoms with van der Waals surface area (Å²) in [6.07, 6.45) is -12.5. The lowest BCUT2D eigenvalue weighted by Crippen LogP contribution is -2.34. The maximum atomic E-state index is 13.1. The van der Waals surface area contributed by atoms with Gasteiger partial charge in [0.1, 0.15) is 0 Å². The first kappa shape index (κ1) is 24.8. The molecule has 0 aliphatic carbocycles. The second-order valence-electron chi connectivity index (χ2n) is 6.82. The number of carbonyl (C=O) groups excluding carboxylic acids is 1. The molecule has 3 N–H and O–H groups in total. The van der Waals surface area contributed by atoms with Gasteiger partial charge in [-0.15, -0.1) is 0 Å². The van der Waals surface area contributed by atoms with Gasteiger partial charge in [0, 0.05) is 5.69 Å². The van der Waals surface area contributed by atoms with Gasteiger partial charge in [-0.1, -0.05) is 18.2 Å². The van der Waals surface area contributed by atoms with Crippen molar-refractivity contribution in [2.24, 2.45) is 0 Å². The molecule has 174 valence electrons. The van der Waals surface area contributed by atoms with Crippen molar-refractivity contribution in [3.63, 3.8) is 0 Å². The van der Waals surface area contributed by atoms with Crippen molar-refractivity contribution in [2.45, 2.75) is 32.1 Å². The number of para-hydroxylation sites is 1. The third kappa shape index (κ3) is 5.42. The Morgan fingerprint density at radius 3 is 1.94 bits per heavy atom. The maximum Gasteiger partial charge on any atom is 0.409 e.